The summed E-state index contributed by atoms with van der Waals surface area (Å²) >= 11 is 0. The molecule has 3 unspecified atom stereocenters. The molecule has 8 nitrogen and oxygen atoms in total. The number of phosphoric ester groups is 1. The molecule has 3 atom stereocenters. The van der Waals surface area contributed by atoms with Crippen molar-refractivity contribution in [3.63, 3.8) is 0 Å². The van der Waals surface area contributed by atoms with Crippen LogP contribution in [0.4, 0.5) is 0 Å². The van der Waals surface area contributed by atoms with E-state index in [4.69, 9.17) is 9.05 Å². The van der Waals surface area contributed by atoms with Gasteiger partial charge >= 0.3 is 0 Å². The standard InChI is InChI=1S/C28H55N2O6P/c1-6-8-10-11-12-13-14-15-16-17-18-19-20-21-27(31)26(29-28(32)22-9-7-2)25-36-37(33,34)35-24-23-30(3,4)5/h16-17,20-21,26-27,31H,6-15,18-19,22-25H2,1-5H3,(H-,29,32,33,34)/b17-16+,21-20+. The zero-order chi connectivity index (χ0) is 28.0. The molecule has 0 aromatic heterocycles. The van der Waals surface area contributed by atoms with Crippen molar-refractivity contribution in [3.05, 3.63) is 24.3 Å². The van der Waals surface area contributed by atoms with Crippen LogP contribution in [0, 0.1) is 0 Å². The van der Waals surface area contributed by atoms with Crippen LogP contribution in [0.5, 0.6) is 0 Å². The summed E-state index contributed by atoms with van der Waals surface area (Å²) in [4.78, 5) is 24.4. The number of hydrogen-bond acceptors (Lipinski definition) is 6. The number of allylic oxidation sites excluding steroid dienone is 3. The molecule has 0 radical (unpaired) electrons. The minimum Gasteiger partial charge on any atom is -0.756 e. The highest BCUT2D eigenvalue weighted by atomic mass is 31.2. The number of nitrogens with one attached hydrogen (secondary N) is 1. The van der Waals surface area contributed by atoms with Gasteiger partial charge in [-0.15, -0.1) is 0 Å². The minimum absolute atomic E-state index is 0.00721. The third kappa shape index (κ3) is 23.8. The van der Waals surface area contributed by atoms with Crippen LogP contribution in [-0.2, 0) is 18.4 Å². The van der Waals surface area contributed by atoms with Crippen LogP contribution in [-0.4, -0.2) is 68.5 Å². The van der Waals surface area contributed by atoms with E-state index in [1.54, 1.807) is 6.08 Å². The van der Waals surface area contributed by atoms with Crippen LogP contribution < -0.4 is 10.2 Å². The second-order valence-electron chi connectivity index (χ2n) is 10.7. The molecule has 37 heavy (non-hydrogen) atoms. The van der Waals surface area contributed by atoms with Gasteiger partial charge in [-0.2, -0.15) is 0 Å². The average Bonchev–Trinajstić information content (AvgIpc) is 2.82. The number of rotatable bonds is 24. The van der Waals surface area contributed by atoms with Gasteiger partial charge in [0, 0.05) is 6.42 Å². The largest absolute Gasteiger partial charge is 0.756 e. The van der Waals surface area contributed by atoms with E-state index in [1.165, 1.54) is 44.9 Å². The highest BCUT2D eigenvalue weighted by molar-refractivity contribution is 7.45. The van der Waals surface area contributed by atoms with Gasteiger partial charge in [0.05, 0.1) is 39.9 Å². The molecule has 0 bridgehead atoms. The van der Waals surface area contributed by atoms with Crippen molar-refractivity contribution in [3.8, 4) is 0 Å². The van der Waals surface area contributed by atoms with Gasteiger partial charge in [0.25, 0.3) is 7.82 Å². The fraction of sp³-hybridized carbons (Fsp3) is 0.821. The number of likely N-dealkylation sites (N-methyl/N-ethyl adjacent to an activating group) is 1. The predicted molar refractivity (Wildman–Crippen MR) is 150 cm³/mol. The number of quaternary nitrogens is 1. The molecule has 1 amide bonds. The van der Waals surface area contributed by atoms with Crippen molar-refractivity contribution in [1.29, 1.82) is 0 Å². The number of carbonyl (C=O) groups excluding carboxylic acids is 1. The summed E-state index contributed by atoms with van der Waals surface area (Å²) in [5.41, 5.74) is 0. The summed E-state index contributed by atoms with van der Waals surface area (Å²) in [6, 6.07) is -0.891. The van der Waals surface area contributed by atoms with Gasteiger partial charge in [-0.1, -0.05) is 83.1 Å². The highest BCUT2D eigenvalue weighted by Crippen LogP contribution is 2.38. The molecular weight excluding hydrogens is 491 g/mol. The van der Waals surface area contributed by atoms with Crippen molar-refractivity contribution in [2.45, 2.75) is 109 Å². The summed E-state index contributed by atoms with van der Waals surface area (Å²) < 4.78 is 22.6. The molecular formula is C28H55N2O6P. The Labute approximate surface area is 226 Å². The SMILES string of the molecule is CCCCCCCCC/C=C/CC/C=C/C(O)C(COP(=O)([O-])OCC[N+](C)(C)C)NC(=O)CCCC. The zero-order valence-corrected chi connectivity index (χ0v) is 25.1. The van der Waals surface area contributed by atoms with Crippen LogP contribution in [0.3, 0.4) is 0 Å². The number of aliphatic hydroxyl groups is 1. The summed E-state index contributed by atoms with van der Waals surface area (Å²) in [7, 11) is 1.23. The number of nitrogens with zero attached hydrogens (tertiary/aromatic N) is 1. The van der Waals surface area contributed by atoms with Gasteiger partial charge in [0.15, 0.2) is 0 Å². The Hall–Kier alpha value is -1.02. The Morgan fingerprint density at radius 2 is 1.51 bits per heavy atom. The van der Waals surface area contributed by atoms with Gasteiger partial charge in [-0.05, 0) is 32.1 Å². The molecule has 9 heteroatoms. The van der Waals surface area contributed by atoms with Crippen LogP contribution in [0.2, 0.25) is 0 Å². The second kappa shape index (κ2) is 21.9. The highest BCUT2D eigenvalue weighted by Gasteiger charge is 2.23. The van der Waals surface area contributed by atoms with Crippen molar-refractivity contribution < 1.29 is 32.9 Å². The van der Waals surface area contributed by atoms with Gasteiger partial charge in [-0.3, -0.25) is 9.36 Å². The molecule has 0 aliphatic carbocycles. The number of phosphoric acid groups is 1. The van der Waals surface area contributed by atoms with Crippen LogP contribution in [0.1, 0.15) is 97.3 Å². The second-order valence-corrected chi connectivity index (χ2v) is 12.2. The van der Waals surface area contributed by atoms with E-state index >= 15 is 0 Å². The van der Waals surface area contributed by atoms with E-state index in [0.29, 0.717) is 23.9 Å². The van der Waals surface area contributed by atoms with Crippen LogP contribution >= 0.6 is 7.82 Å². The van der Waals surface area contributed by atoms with Gasteiger partial charge in [-0.25, -0.2) is 0 Å². The van der Waals surface area contributed by atoms with E-state index in [9.17, 15) is 19.4 Å². The molecule has 0 fully saturated rings. The first-order chi connectivity index (χ1) is 17.5. The molecule has 0 spiro atoms. The third-order valence-electron chi connectivity index (χ3n) is 5.91. The van der Waals surface area contributed by atoms with Crippen molar-refractivity contribution in [2.75, 3.05) is 40.9 Å². The first-order valence-electron chi connectivity index (χ1n) is 14.2. The average molecular weight is 547 g/mol. The Bertz CT molecular complexity index is 678. The summed E-state index contributed by atoms with van der Waals surface area (Å²) in [5, 5.41) is 13.3. The van der Waals surface area contributed by atoms with Crippen molar-refractivity contribution in [1.82, 2.24) is 5.32 Å². The number of unbranched alkanes of at least 4 members (excludes halogenated alkanes) is 9. The molecule has 0 saturated carbocycles. The van der Waals surface area contributed by atoms with E-state index in [1.807, 2.05) is 34.1 Å². The van der Waals surface area contributed by atoms with Gasteiger partial charge in [0.2, 0.25) is 5.91 Å². The smallest absolute Gasteiger partial charge is 0.268 e. The fourth-order valence-corrected chi connectivity index (χ4v) is 4.22. The normalized spacial score (nSPS) is 15.8. The Balaban J connectivity index is 4.54. The number of aliphatic hydroxyl groups excluding tert-OH is 1. The molecule has 0 saturated heterocycles. The lowest BCUT2D eigenvalue weighted by Crippen LogP contribution is -2.45. The molecule has 0 aliphatic heterocycles. The van der Waals surface area contributed by atoms with E-state index in [0.717, 1.165) is 25.7 Å². The predicted octanol–water partition coefficient (Wildman–Crippen LogP) is 5.26. The quantitative estimate of drug-likeness (QED) is 0.0740. The summed E-state index contributed by atoms with van der Waals surface area (Å²) in [6.07, 6.45) is 20.4. The monoisotopic (exact) mass is 546 g/mol. The molecule has 0 aromatic carbocycles. The lowest BCUT2D eigenvalue weighted by Gasteiger charge is -2.29. The van der Waals surface area contributed by atoms with Crippen LogP contribution in [0.15, 0.2) is 24.3 Å². The van der Waals surface area contributed by atoms with E-state index in [2.05, 4.69) is 24.4 Å². The van der Waals surface area contributed by atoms with Gasteiger partial charge in [0.1, 0.15) is 13.2 Å². The van der Waals surface area contributed by atoms with Gasteiger partial charge < -0.3 is 28.8 Å². The van der Waals surface area contributed by atoms with E-state index < -0.39 is 26.6 Å². The maximum absolute atomic E-state index is 12.2. The van der Waals surface area contributed by atoms with E-state index in [-0.39, 0.29) is 12.5 Å². The maximum atomic E-state index is 12.2. The number of amides is 1. The Kier molecular flexibility index (Phi) is 21.3. The first-order valence-corrected chi connectivity index (χ1v) is 15.7. The van der Waals surface area contributed by atoms with Crippen molar-refractivity contribution in [2.24, 2.45) is 0 Å². The molecule has 0 rings (SSSR count). The Morgan fingerprint density at radius 3 is 2.16 bits per heavy atom. The maximum Gasteiger partial charge on any atom is 0.268 e. The molecule has 0 aromatic rings. The zero-order valence-electron chi connectivity index (χ0n) is 24.2. The number of carbonyl (C=O) groups is 1. The fourth-order valence-electron chi connectivity index (χ4n) is 3.49. The first kappa shape index (κ1) is 36.0. The summed E-state index contributed by atoms with van der Waals surface area (Å²) in [6.45, 7) is 4.31. The minimum atomic E-state index is -4.55. The molecule has 218 valence electrons. The molecule has 0 aliphatic rings. The molecule has 0 heterocycles. The summed E-state index contributed by atoms with van der Waals surface area (Å²) in [5.74, 6) is -0.247. The lowest BCUT2D eigenvalue weighted by molar-refractivity contribution is -0.870. The number of hydrogen-bond donors (Lipinski definition) is 2. The third-order valence-corrected chi connectivity index (χ3v) is 6.88. The van der Waals surface area contributed by atoms with Crippen LogP contribution in [0.25, 0.3) is 0 Å². The Morgan fingerprint density at radius 1 is 0.919 bits per heavy atom. The topological polar surface area (TPSA) is 108 Å². The van der Waals surface area contributed by atoms with Crippen molar-refractivity contribution >= 4 is 13.7 Å². The molecule has 2 N–H and O–H groups in total. The lowest BCUT2D eigenvalue weighted by atomic mass is 10.1.